The standard InChI is InChI=1S/C23H30FN7O2/c1-14-10-27-20-19(14)21(29-13-28-20)31-7-5-16(6-8-31)25-11-15-9-18(26-12-17(15)24)30-22(32)33-23(2,3)4/h9-10,12-13,16,25H,5-8,11H2,1-4H3,(H,26,30,32)(H,27,28,29). The summed E-state index contributed by atoms with van der Waals surface area (Å²) in [6, 6.07) is 1.79. The van der Waals surface area contributed by atoms with Crippen molar-refractivity contribution in [2.75, 3.05) is 23.3 Å². The zero-order valence-corrected chi connectivity index (χ0v) is 19.4. The van der Waals surface area contributed by atoms with Gasteiger partial charge in [-0.1, -0.05) is 0 Å². The molecule has 3 N–H and O–H groups in total. The number of amides is 1. The van der Waals surface area contributed by atoms with Crippen LogP contribution in [0.25, 0.3) is 11.0 Å². The fraction of sp³-hybridized carbons (Fsp3) is 0.478. The number of hydrogen-bond donors (Lipinski definition) is 3. The third-order valence-electron chi connectivity index (χ3n) is 5.59. The number of nitrogens with one attached hydrogen (secondary N) is 3. The van der Waals surface area contributed by atoms with Crippen LogP contribution in [-0.4, -0.2) is 50.8 Å². The van der Waals surface area contributed by atoms with E-state index in [2.05, 4.69) is 42.4 Å². The topological polar surface area (TPSA) is 108 Å². The van der Waals surface area contributed by atoms with E-state index in [0.29, 0.717) is 12.1 Å². The third-order valence-corrected chi connectivity index (χ3v) is 5.59. The molecule has 0 atom stereocenters. The van der Waals surface area contributed by atoms with Gasteiger partial charge in [-0.25, -0.2) is 24.1 Å². The van der Waals surface area contributed by atoms with Gasteiger partial charge < -0.3 is 19.9 Å². The maximum absolute atomic E-state index is 14.3. The van der Waals surface area contributed by atoms with Crippen LogP contribution in [0, 0.1) is 12.7 Å². The summed E-state index contributed by atoms with van der Waals surface area (Å²) in [6.07, 6.45) is 5.85. The van der Waals surface area contributed by atoms with E-state index in [0.717, 1.165) is 54.5 Å². The zero-order chi connectivity index (χ0) is 23.6. The number of anilines is 2. The number of H-pyrrole nitrogens is 1. The van der Waals surface area contributed by atoms with E-state index in [9.17, 15) is 9.18 Å². The smallest absolute Gasteiger partial charge is 0.413 e. The van der Waals surface area contributed by atoms with Gasteiger partial charge in [0.25, 0.3) is 0 Å². The van der Waals surface area contributed by atoms with Crippen LogP contribution in [0.5, 0.6) is 0 Å². The normalized spacial score (nSPS) is 15.1. The van der Waals surface area contributed by atoms with Crippen LogP contribution in [0.2, 0.25) is 0 Å². The van der Waals surface area contributed by atoms with E-state index in [-0.39, 0.29) is 11.9 Å². The van der Waals surface area contributed by atoms with E-state index in [1.54, 1.807) is 27.1 Å². The first-order valence-electron chi connectivity index (χ1n) is 11.1. The summed E-state index contributed by atoms with van der Waals surface area (Å²) in [6.45, 7) is 9.41. The molecular formula is C23H30FN7O2. The van der Waals surface area contributed by atoms with E-state index in [4.69, 9.17) is 4.74 Å². The van der Waals surface area contributed by atoms with E-state index in [1.807, 2.05) is 6.20 Å². The second-order valence-electron chi connectivity index (χ2n) is 9.32. The first-order chi connectivity index (χ1) is 15.7. The quantitative estimate of drug-likeness (QED) is 0.535. The van der Waals surface area contributed by atoms with Crippen molar-refractivity contribution in [1.29, 1.82) is 0 Å². The molecule has 1 saturated heterocycles. The highest BCUT2D eigenvalue weighted by Gasteiger charge is 2.23. The molecule has 0 bridgehead atoms. The van der Waals surface area contributed by atoms with Crippen molar-refractivity contribution < 1.29 is 13.9 Å². The second kappa shape index (κ2) is 9.30. The lowest BCUT2D eigenvalue weighted by Gasteiger charge is -2.33. The molecule has 0 aromatic carbocycles. The zero-order valence-electron chi connectivity index (χ0n) is 19.4. The Hall–Kier alpha value is -3.27. The molecular weight excluding hydrogens is 425 g/mol. The van der Waals surface area contributed by atoms with Gasteiger partial charge in [0.05, 0.1) is 11.6 Å². The van der Waals surface area contributed by atoms with Gasteiger partial charge in [0.15, 0.2) is 0 Å². The molecule has 4 heterocycles. The van der Waals surface area contributed by atoms with E-state index in [1.165, 1.54) is 6.07 Å². The lowest BCUT2D eigenvalue weighted by atomic mass is 10.0. The highest BCUT2D eigenvalue weighted by molar-refractivity contribution is 5.90. The van der Waals surface area contributed by atoms with Crippen LogP contribution in [0.15, 0.2) is 24.8 Å². The largest absolute Gasteiger partial charge is 0.444 e. The number of pyridine rings is 1. The Bertz CT molecular complexity index is 1130. The van der Waals surface area contributed by atoms with Crippen LogP contribution in [-0.2, 0) is 11.3 Å². The molecule has 33 heavy (non-hydrogen) atoms. The Morgan fingerprint density at radius 1 is 1.27 bits per heavy atom. The van der Waals surface area contributed by atoms with Crippen LogP contribution in [0.4, 0.5) is 20.8 Å². The number of nitrogens with zero attached hydrogens (tertiary/aromatic N) is 4. The molecule has 0 unspecified atom stereocenters. The summed E-state index contributed by atoms with van der Waals surface area (Å²) in [5, 5.41) is 7.06. The van der Waals surface area contributed by atoms with Gasteiger partial charge in [-0.3, -0.25) is 5.32 Å². The predicted molar refractivity (Wildman–Crippen MR) is 125 cm³/mol. The molecule has 176 valence electrons. The van der Waals surface area contributed by atoms with Gasteiger partial charge in [-0.15, -0.1) is 0 Å². The van der Waals surface area contributed by atoms with Gasteiger partial charge in [0, 0.05) is 37.4 Å². The van der Waals surface area contributed by atoms with Crippen molar-refractivity contribution in [1.82, 2.24) is 25.3 Å². The molecule has 3 aromatic heterocycles. The number of halogens is 1. The number of ether oxygens (including phenoxy) is 1. The van der Waals surface area contributed by atoms with Gasteiger partial charge in [0.2, 0.25) is 0 Å². The Balaban J connectivity index is 1.33. The monoisotopic (exact) mass is 455 g/mol. The van der Waals surface area contributed by atoms with Gasteiger partial charge >= 0.3 is 6.09 Å². The Kier molecular flexibility index (Phi) is 6.46. The molecule has 1 fully saturated rings. The second-order valence-corrected chi connectivity index (χ2v) is 9.32. The van der Waals surface area contributed by atoms with Crippen molar-refractivity contribution in [3.05, 3.63) is 41.7 Å². The highest BCUT2D eigenvalue weighted by Crippen LogP contribution is 2.28. The lowest BCUT2D eigenvalue weighted by molar-refractivity contribution is 0.0635. The predicted octanol–water partition coefficient (Wildman–Crippen LogP) is 3.91. The molecule has 1 amide bonds. The average molecular weight is 456 g/mol. The number of fused-ring (bicyclic) bond motifs is 1. The van der Waals surface area contributed by atoms with E-state index >= 15 is 0 Å². The molecule has 1 aliphatic heterocycles. The summed E-state index contributed by atoms with van der Waals surface area (Å²) in [5.41, 5.74) is 1.80. The van der Waals surface area contributed by atoms with Crippen LogP contribution >= 0.6 is 0 Å². The molecule has 3 aromatic rings. The molecule has 9 nitrogen and oxygen atoms in total. The first kappa shape index (κ1) is 22.9. The molecule has 0 saturated carbocycles. The number of piperidine rings is 1. The Morgan fingerprint density at radius 2 is 2.03 bits per heavy atom. The number of hydrogen-bond acceptors (Lipinski definition) is 7. The average Bonchev–Trinajstić information content (AvgIpc) is 3.14. The van der Waals surface area contributed by atoms with Crippen LogP contribution in [0.3, 0.4) is 0 Å². The van der Waals surface area contributed by atoms with Crippen LogP contribution < -0.4 is 15.5 Å². The van der Waals surface area contributed by atoms with Gasteiger partial charge in [-0.2, -0.15) is 0 Å². The van der Waals surface area contributed by atoms with Crippen LogP contribution in [0.1, 0.15) is 44.7 Å². The fourth-order valence-corrected chi connectivity index (χ4v) is 3.98. The minimum Gasteiger partial charge on any atom is -0.444 e. The lowest BCUT2D eigenvalue weighted by Crippen LogP contribution is -2.42. The van der Waals surface area contributed by atoms with Gasteiger partial charge in [0.1, 0.15) is 35.0 Å². The molecule has 4 rings (SSSR count). The molecule has 10 heteroatoms. The first-order valence-corrected chi connectivity index (χ1v) is 11.1. The number of aryl methyl sites for hydroxylation is 1. The molecule has 0 aliphatic carbocycles. The number of carbonyl (C=O) groups is 1. The SMILES string of the molecule is Cc1c[nH]c2ncnc(N3CCC(NCc4cc(NC(=O)OC(C)(C)C)ncc4F)CC3)c12. The van der Waals surface area contributed by atoms with E-state index < -0.39 is 17.5 Å². The summed E-state index contributed by atoms with van der Waals surface area (Å²) >= 11 is 0. The molecule has 0 spiro atoms. The number of carbonyl (C=O) groups excluding carboxylic acids is 1. The Morgan fingerprint density at radius 3 is 2.76 bits per heavy atom. The van der Waals surface area contributed by atoms with Crippen molar-refractivity contribution in [2.45, 2.75) is 58.7 Å². The maximum atomic E-state index is 14.3. The van der Waals surface area contributed by atoms with Gasteiger partial charge in [-0.05, 0) is 52.2 Å². The van der Waals surface area contributed by atoms with Crippen molar-refractivity contribution in [3.63, 3.8) is 0 Å². The summed E-state index contributed by atoms with van der Waals surface area (Å²) in [7, 11) is 0. The summed E-state index contributed by atoms with van der Waals surface area (Å²) in [5.74, 6) is 0.795. The minimum atomic E-state index is -0.624. The third kappa shape index (κ3) is 5.57. The Labute approximate surface area is 192 Å². The maximum Gasteiger partial charge on any atom is 0.413 e. The summed E-state index contributed by atoms with van der Waals surface area (Å²) in [4.78, 5) is 30.2. The molecule has 1 aliphatic rings. The van der Waals surface area contributed by atoms with Crippen molar-refractivity contribution in [3.8, 4) is 0 Å². The number of rotatable bonds is 5. The fourth-order valence-electron chi connectivity index (χ4n) is 3.98. The molecule has 0 radical (unpaired) electrons. The van der Waals surface area contributed by atoms with Crippen molar-refractivity contribution in [2.24, 2.45) is 0 Å². The van der Waals surface area contributed by atoms with Crippen molar-refractivity contribution >= 4 is 28.8 Å². The minimum absolute atomic E-state index is 0.251. The number of aromatic amines is 1. The summed E-state index contributed by atoms with van der Waals surface area (Å²) < 4.78 is 19.5. The number of aromatic nitrogens is 4. The highest BCUT2D eigenvalue weighted by atomic mass is 19.1.